The molecule has 0 radical (unpaired) electrons. The van der Waals surface area contributed by atoms with Gasteiger partial charge < -0.3 is 19.4 Å². The summed E-state index contributed by atoms with van der Waals surface area (Å²) >= 11 is 0. The Balaban J connectivity index is 1.90. The monoisotopic (exact) mass is 445 g/mol. The van der Waals surface area contributed by atoms with E-state index in [0.717, 1.165) is 45.0 Å². The molecule has 3 rings (SSSR count). The highest BCUT2D eigenvalue weighted by molar-refractivity contribution is 5.95. The predicted octanol–water partition coefficient (Wildman–Crippen LogP) is 1.99. The number of carbonyl (C=O) groups is 1. The Bertz CT molecular complexity index is 970. The summed E-state index contributed by atoms with van der Waals surface area (Å²) in [6.07, 6.45) is 1.16. The molecule has 2 heterocycles. The largest absolute Gasteiger partial charge is 0.383 e. The van der Waals surface area contributed by atoms with Gasteiger partial charge in [-0.05, 0) is 31.0 Å². The van der Waals surface area contributed by atoms with Crippen LogP contribution in [0.3, 0.4) is 0 Å². The van der Waals surface area contributed by atoms with Gasteiger partial charge in [0.25, 0.3) is 5.91 Å². The maximum absolute atomic E-state index is 13.8. The SMILES string of the molecule is COCCNC(=O)c1c(Cc2cccc(F)c2)n(CCCN2CCOCC2)c(C)cc1=O. The number of methoxy groups -OCH3 is 1. The van der Waals surface area contributed by atoms with Gasteiger partial charge in [-0.1, -0.05) is 12.1 Å². The van der Waals surface area contributed by atoms with Crippen molar-refractivity contribution in [3.63, 3.8) is 0 Å². The third kappa shape index (κ3) is 6.48. The normalized spacial score (nSPS) is 14.5. The first-order chi connectivity index (χ1) is 15.5. The number of hydrogen-bond donors (Lipinski definition) is 1. The van der Waals surface area contributed by atoms with Crippen LogP contribution < -0.4 is 10.7 Å². The molecule has 32 heavy (non-hydrogen) atoms. The van der Waals surface area contributed by atoms with Gasteiger partial charge in [0.15, 0.2) is 5.43 Å². The lowest BCUT2D eigenvalue weighted by molar-refractivity contribution is 0.0369. The first-order valence-corrected chi connectivity index (χ1v) is 11.0. The quantitative estimate of drug-likeness (QED) is 0.567. The van der Waals surface area contributed by atoms with Crippen molar-refractivity contribution in [2.24, 2.45) is 0 Å². The molecule has 0 spiro atoms. The number of halogens is 1. The summed E-state index contributed by atoms with van der Waals surface area (Å²) in [6, 6.07) is 7.78. The van der Waals surface area contributed by atoms with Crippen molar-refractivity contribution < 1.29 is 18.7 Å². The van der Waals surface area contributed by atoms with Gasteiger partial charge in [-0.25, -0.2) is 4.39 Å². The molecular formula is C24H32FN3O4. The fourth-order valence-corrected chi connectivity index (χ4v) is 4.04. The van der Waals surface area contributed by atoms with Crippen molar-refractivity contribution in [2.45, 2.75) is 26.3 Å². The summed E-state index contributed by atoms with van der Waals surface area (Å²) in [5.41, 5.74) is 1.90. The van der Waals surface area contributed by atoms with Crippen molar-refractivity contribution in [2.75, 3.05) is 53.1 Å². The number of morpholine rings is 1. The van der Waals surface area contributed by atoms with Crippen LogP contribution in [0.5, 0.6) is 0 Å². The highest BCUT2D eigenvalue weighted by atomic mass is 19.1. The summed E-state index contributed by atoms with van der Waals surface area (Å²) in [6.45, 7) is 7.40. The van der Waals surface area contributed by atoms with Crippen LogP contribution >= 0.6 is 0 Å². The minimum absolute atomic E-state index is 0.113. The lowest BCUT2D eigenvalue weighted by Gasteiger charge is -2.27. The Morgan fingerprint density at radius 2 is 2.00 bits per heavy atom. The van der Waals surface area contributed by atoms with Gasteiger partial charge in [0.05, 0.1) is 19.8 Å². The second-order valence-electron chi connectivity index (χ2n) is 7.99. The van der Waals surface area contributed by atoms with Gasteiger partial charge in [0.2, 0.25) is 0 Å². The minimum atomic E-state index is -0.430. The number of hydrogen-bond acceptors (Lipinski definition) is 5. The van der Waals surface area contributed by atoms with Gasteiger partial charge in [-0.3, -0.25) is 14.5 Å². The summed E-state index contributed by atoms with van der Waals surface area (Å²) in [5.74, 6) is -0.775. The van der Waals surface area contributed by atoms with Crippen LogP contribution in [0.25, 0.3) is 0 Å². The van der Waals surface area contributed by atoms with E-state index in [0.29, 0.717) is 37.4 Å². The van der Waals surface area contributed by atoms with Crippen molar-refractivity contribution in [3.05, 3.63) is 68.9 Å². The van der Waals surface area contributed by atoms with E-state index in [1.165, 1.54) is 18.2 Å². The van der Waals surface area contributed by atoms with Gasteiger partial charge in [0, 0.05) is 63.7 Å². The topological polar surface area (TPSA) is 72.8 Å². The Kier molecular flexibility index (Phi) is 8.96. The zero-order chi connectivity index (χ0) is 22.9. The van der Waals surface area contributed by atoms with Crippen LogP contribution in [0.2, 0.25) is 0 Å². The molecule has 1 aromatic carbocycles. The van der Waals surface area contributed by atoms with E-state index in [1.54, 1.807) is 19.2 Å². The number of carbonyl (C=O) groups excluding carboxylic acids is 1. The zero-order valence-electron chi connectivity index (χ0n) is 18.9. The highest BCUT2D eigenvalue weighted by Gasteiger charge is 2.21. The first kappa shape index (κ1) is 24.1. The summed E-state index contributed by atoms with van der Waals surface area (Å²) < 4.78 is 26.3. The first-order valence-electron chi connectivity index (χ1n) is 11.0. The van der Waals surface area contributed by atoms with E-state index in [4.69, 9.17) is 9.47 Å². The summed E-state index contributed by atoms with van der Waals surface area (Å²) in [4.78, 5) is 28.1. The molecule has 8 heteroatoms. The van der Waals surface area contributed by atoms with Crippen LogP contribution in [0.15, 0.2) is 35.1 Å². The lowest BCUT2D eigenvalue weighted by atomic mass is 10.0. The fraction of sp³-hybridized carbons (Fsp3) is 0.500. The molecule has 1 aliphatic heterocycles. The molecule has 1 fully saturated rings. The summed E-state index contributed by atoms with van der Waals surface area (Å²) in [7, 11) is 1.55. The van der Waals surface area contributed by atoms with E-state index in [9.17, 15) is 14.0 Å². The van der Waals surface area contributed by atoms with Crippen molar-refractivity contribution in [1.29, 1.82) is 0 Å². The maximum atomic E-state index is 13.8. The predicted molar refractivity (Wildman–Crippen MR) is 121 cm³/mol. The van der Waals surface area contributed by atoms with Crippen molar-refractivity contribution in [3.8, 4) is 0 Å². The number of nitrogens with zero attached hydrogens (tertiary/aromatic N) is 2. The van der Waals surface area contributed by atoms with Crippen LogP contribution in [-0.2, 0) is 22.4 Å². The van der Waals surface area contributed by atoms with E-state index >= 15 is 0 Å². The minimum Gasteiger partial charge on any atom is -0.383 e. The molecule has 0 unspecified atom stereocenters. The molecular weight excluding hydrogens is 413 g/mol. The van der Waals surface area contributed by atoms with E-state index in [1.807, 2.05) is 11.5 Å². The number of rotatable bonds is 10. The van der Waals surface area contributed by atoms with Gasteiger partial charge in [-0.15, -0.1) is 0 Å². The standard InChI is InChI=1S/C24H32FN3O4/c1-18-15-22(29)23(24(30)26-7-12-31-2)21(17-19-5-3-6-20(25)16-19)28(18)9-4-8-27-10-13-32-14-11-27/h3,5-6,15-16H,4,7-14,17H2,1-2H3,(H,26,30). The Morgan fingerprint density at radius 1 is 1.22 bits per heavy atom. The average Bonchev–Trinajstić information content (AvgIpc) is 2.76. The molecule has 0 saturated carbocycles. The van der Waals surface area contributed by atoms with Crippen LogP contribution in [0.4, 0.5) is 4.39 Å². The maximum Gasteiger partial charge on any atom is 0.257 e. The van der Waals surface area contributed by atoms with Crippen molar-refractivity contribution in [1.82, 2.24) is 14.8 Å². The molecule has 174 valence electrons. The third-order valence-electron chi connectivity index (χ3n) is 5.67. The molecule has 7 nitrogen and oxygen atoms in total. The second-order valence-corrected chi connectivity index (χ2v) is 7.99. The molecule has 0 atom stereocenters. The number of benzene rings is 1. The molecule has 1 aliphatic rings. The molecule has 0 bridgehead atoms. The smallest absolute Gasteiger partial charge is 0.257 e. The van der Waals surface area contributed by atoms with Crippen LogP contribution in [-0.4, -0.2) is 68.5 Å². The van der Waals surface area contributed by atoms with Crippen LogP contribution in [0.1, 0.15) is 33.7 Å². The Morgan fingerprint density at radius 3 is 2.72 bits per heavy atom. The number of aryl methyl sites for hydroxylation is 1. The Hall–Kier alpha value is -2.55. The third-order valence-corrected chi connectivity index (χ3v) is 5.67. The lowest BCUT2D eigenvalue weighted by Crippen LogP contribution is -2.37. The van der Waals surface area contributed by atoms with E-state index in [-0.39, 0.29) is 16.8 Å². The van der Waals surface area contributed by atoms with Crippen molar-refractivity contribution >= 4 is 5.91 Å². The van der Waals surface area contributed by atoms with Gasteiger partial charge in [-0.2, -0.15) is 0 Å². The zero-order valence-corrected chi connectivity index (χ0v) is 18.9. The van der Waals surface area contributed by atoms with E-state index < -0.39 is 5.91 Å². The number of nitrogens with one attached hydrogen (secondary N) is 1. The highest BCUT2D eigenvalue weighted by Crippen LogP contribution is 2.17. The van der Waals surface area contributed by atoms with Gasteiger partial charge >= 0.3 is 0 Å². The second kappa shape index (κ2) is 11.9. The fourth-order valence-electron chi connectivity index (χ4n) is 4.04. The Labute approximate surface area is 188 Å². The number of pyridine rings is 1. The number of ether oxygens (including phenoxy) is 2. The van der Waals surface area contributed by atoms with Gasteiger partial charge in [0.1, 0.15) is 11.4 Å². The molecule has 1 N–H and O–H groups in total. The molecule has 0 aliphatic carbocycles. The average molecular weight is 446 g/mol. The molecule has 2 aromatic rings. The summed E-state index contributed by atoms with van der Waals surface area (Å²) in [5, 5.41) is 2.76. The van der Waals surface area contributed by atoms with E-state index in [2.05, 4.69) is 10.2 Å². The molecule has 1 saturated heterocycles. The number of aromatic nitrogens is 1. The molecule has 1 aromatic heterocycles. The molecule has 1 amide bonds. The number of amides is 1. The van der Waals surface area contributed by atoms with Crippen LogP contribution in [0, 0.1) is 12.7 Å².